The van der Waals surface area contributed by atoms with Gasteiger partial charge in [-0.15, -0.1) is 0 Å². The average molecular weight is 467 g/mol. The molecule has 0 unspecified atom stereocenters. The van der Waals surface area contributed by atoms with Crippen molar-refractivity contribution in [3.05, 3.63) is 71.2 Å². The Bertz CT molecular complexity index is 1040. The Kier molecular flexibility index (Phi) is 7.63. The molecular formula is C27H31ClN2O3. The highest BCUT2D eigenvalue weighted by molar-refractivity contribution is 6.30. The number of hydrogen-bond acceptors (Lipinski definition) is 5. The summed E-state index contributed by atoms with van der Waals surface area (Å²) < 4.78 is 16.6. The molecule has 3 aromatic carbocycles. The number of hydrogen-bond donors (Lipinski definition) is 1. The fraction of sp³-hybridized carbons (Fsp3) is 0.333. The summed E-state index contributed by atoms with van der Waals surface area (Å²) >= 11 is 6.16. The summed E-state index contributed by atoms with van der Waals surface area (Å²) in [5.41, 5.74) is 4.57. The molecule has 4 rings (SSSR count). The average Bonchev–Trinajstić information content (AvgIpc) is 2.87. The number of nitrogens with zero attached hydrogens (tertiary/aromatic N) is 1. The van der Waals surface area contributed by atoms with Crippen LogP contribution in [0.4, 0.5) is 5.69 Å². The van der Waals surface area contributed by atoms with E-state index in [-0.39, 0.29) is 0 Å². The fourth-order valence-corrected chi connectivity index (χ4v) is 4.60. The molecule has 0 aliphatic carbocycles. The second kappa shape index (κ2) is 10.8. The van der Waals surface area contributed by atoms with Crippen LogP contribution in [-0.2, 0) is 6.54 Å². The van der Waals surface area contributed by atoms with Gasteiger partial charge in [-0.2, -0.15) is 0 Å². The molecule has 174 valence electrons. The van der Waals surface area contributed by atoms with Crippen molar-refractivity contribution >= 4 is 17.3 Å². The number of ether oxygens (including phenoxy) is 3. The van der Waals surface area contributed by atoms with Gasteiger partial charge in [-0.1, -0.05) is 29.8 Å². The van der Waals surface area contributed by atoms with E-state index in [1.807, 2.05) is 24.3 Å². The lowest BCUT2D eigenvalue weighted by Crippen LogP contribution is -2.43. The van der Waals surface area contributed by atoms with Crippen molar-refractivity contribution in [1.82, 2.24) is 5.32 Å². The summed E-state index contributed by atoms with van der Waals surface area (Å²) in [7, 11) is 4.90. The second-order valence-corrected chi connectivity index (χ2v) is 8.64. The predicted molar refractivity (Wildman–Crippen MR) is 135 cm³/mol. The van der Waals surface area contributed by atoms with Gasteiger partial charge < -0.3 is 24.4 Å². The Hall–Kier alpha value is -2.89. The van der Waals surface area contributed by atoms with Crippen molar-refractivity contribution in [2.24, 2.45) is 0 Å². The predicted octanol–water partition coefficient (Wildman–Crippen LogP) is 5.79. The first-order valence-corrected chi connectivity index (χ1v) is 11.6. The normalized spacial score (nSPS) is 14.1. The molecule has 1 aliphatic rings. The highest BCUT2D eigenvalue weighted by Crippen LogP contribution is 2.41. The smallest absolute Gasteiger partial charge is 0.203 e. The van der Waals surface area contributed by atoms with Gasteiger partial charge in [0, 0.05) is 23.3 Å². The number of rotatable bonds is 8. The largest absolute Gasteiger partial charge is 0.493 e. The van der Waals surface area contributed by atoms with Crippen LogP contribution in [0.2, 0.25) is 5.02 Å². The van der Waals surface area contributed by atoms with Crippen LogP contribution in [0, 0.1) is 0 Å². The maximum atomic E-state index is 6.16. The molecule has 0 saturated carbocycles. The van der Waals surface area contributed by atoms with Gasteiger partial charge in [-0.25, -0.2) is 0 Å². The lowest BCUT2D eigenvalue weighted by molar-refractivity contribution is 0.324. The minimum Gasteiger partial charge on any atom is -0.493 e. The molecule has 0 atom stereocenters. The second-order valence-electron chi connectivity index (χ2n) is 8.20. The third-order valence-electron chi connectivity index (χ3n) is 6.19. The zero-order chi connectivity index (χ0) is 23.2. The molecule has 0 radical (unpaired) electrons. The Morgan fingerprint density at radius 3 is 2.12 bits per heavy atom. The van der Waals surface area contributed by atoms with Gasteiger partial charge in [0.05, 0.1) is 21.3 Å². The molecule has 0 amide bonds. The van der Waals surface area contributed by atoms with Gasteiger partial charge in [-0.05, 0) is 85.1 Å². The molecule has 1 heterocycles. The van der Waals surface area contributed by atoms with E-state index < -0.39 is 0 Å². The van der Waals surface area contributed by atoms with Gasteiger partial charge in [-0.3, -0.25) is 0 Å². The van der Waals surface area contributed by atoms with Crippen LogP contribution in [0.3, 0.4) is 0 Å². The van der Waals surface area contributed by atoms with Gasteiger partial charge >= 0.3 is 0 Å². The maximum Gasteiger partial charge on any atom is 0.203 e. The molecule has 5 nitrogen and oxygen atoms in total. The lowest BCUT2D eigenvalue weighted by atomic mass is 9.99. The molecule has 1 saturated heterocycles. The highest BCUT2D eigenvalue weighted by Gasteiger charge is 2.22. The SMILES string of the molecule is COc1cc(-c2cccc(CN(c3ccc(Cl)cc3)C3CCNCC3)c2)cc(OC)c1OC. The maximum absolute atomic E-state index is 6.16. The summed E-state index contributed by atoms with van der Waals surface area (Å²) in [4.78, 5) is 2.51. The van der Waals surface area contributed by atoms with Crippen LogP contribution >= 0.6 is 11.6 Å². The topological polar surface area (TPSA) is 43.0 Å². The summed E-state index contributed by atoms with van der Waals surface area (Å²) in [6, 6.07) is 21.3. The molecule has 1 fully saturated rings. The number of benzene rings is 3. The molecule has 33 heavy (non-hydrogen) atoms. The molecule has 3 aromatic rings. The minimum atomic E-state index is 0.484. The number of nitrogens with one attached hydrogen (secondary N) is 1. The molecular weight excluding hydrogens is 436 g/mol. The highest BCUT2D eigenvalue weighted by atomic mass is 35.5. The van der Waals surface area contributed by atoms with Crippen LogP contribution in [0.5, 0.6) is 17.2 Å². The van der Waals surface area contributed by atoms with Crippen LogP contribution in [-0.4, -0.2) is 40.5 Å². The van der Waals surface area contributed by atoms with Crippen molar-refractivity contribution in [3.8, 4) is 28.4 Å². The Balaban J connectivity index is 1.66. The zero-order valence-electron chi connectivity index (χ0n) is 19.4. The monoisotopic (exact) mass is 466 g/mol. The number of methoxy groups -OCH3 is 3. The zero-order valence-corrected chi connectivity index (χ0v) is 20.2. The van der Waals surface area contributed by atoms with Crippen LogP contribution in [0.1, 0.15) is 18.4 Å². The third kappa shape index (κ3) is 5.37. The quantitative estimate of drug-likeness (QED) is 0.455. The summed E-state index contributed by atoms with van der Waals surface area (Å²) in [5, 5.41) is 4.23. The van der Waals surface area contributed by atoms with E-state index in [0.29, 0.717) is 23.3 Å². The molecule has 0 aromatic heterocycles. The van der Waals surface area contributed by atoms with E-state index in [4.69, 9.17) is 25.8 Å². The van der Waals surface area contributed by atoms with E-state index in [1.165, 1.54) is 11.3 Å². The van der Waals surface area contributed by atoms with Crippen molar-refractivity contribution in [3.63, 3.8) is 0 Å². The molecule has 1 aliphatic heterocycles. The summed E-state index contributed by atoms with van der Waals surface area (Å²) in [6.45, 7) is 2.91. The van der Waals surface area contributed by atoms with Crippen molar-refractivity contribution in [1.29, 1.82) is 0 Å². The van der Waals surface area contributed by atoms with Crippen LogP contribution < -0.4 is 24.4 Å². The van der Waals surface area contributed by atoms with Crippen LogP contribution in [0.25, 0.3) is 11.1 Å². The number of piperidine rings is 1. The first-order chi connectivity index (χ1) is 16.1. The first-order valence-electron chi connectivity index (χ1n) is 11.2. The van der Waals surface area contributed by atoms with Crippen molar-refractivity contribution in [2.75, 3.05) is 39.3 Å². The Labute approximate surface area is 201 Å². The van der Waals surface area contributed by atoms with Gasteiger partial charge in [0.15, 0.2) is 11.5 Å². The fourth-order valence-electron chi connectivity index (χ4n) is 4.48. The Morgan fingerprint density at radius 2 is 1.52 bits per heavy atom. The molecule has 6 heteroatoms. The van der Waals surface area contributed by atoms with Crippen LogP contribution in [0.15, 0.2) is 60.7 Å². The number of anilines is 1. The van der Waals surface area contributed by atoms with Gasteiger partial charge in [0.25, 0.3) is 0 Å². The lowest BCUT2D eigenvalue weighted by Gasteiger charge is -2.36. The van der Waals surface area contributed by atoms with Gasteiger partial charge in [0.2, 0.25) is 5.75 Å². The first kappa shape index (κ1) is 23.3. The standard InChI is InChI=1S/C27H31ClN2O3/c1-31-25-16-21(17-26(32-2)27(25)33-3)20-6-4-5-19(15-20)18-30(24-11-13-29-14-12-24)23-9-7-22(28)8-10-23/h4-10,15-17,24,29H,11-14,18H2,1-3H3. The van der Waals surface area contributed by atoms with E-state index in [0.717, 1.165) is 48.6 Å². The third-order valence-corrected chi connectivity index (χ3v) is 6.44. The summed E-state index contributed by atoms with van der Waals surface area (Å²) in [6.07, 6.45) is 2.24. The summed E-state index contributed by atoms with van der Waals surface area (Å²) in [5.74, 6) is 1.89. The minimum absolute atomic E-state index is 0.484. The van der Waals surface area contributed by atoms with E-state index >= 15 is 0 Å². The molecule has 1 N–H and O–H groups in total. The molecule has 0 spiro atoms. The van der Waals surface area contributed by atoms with Gasteiger partial charge in [0.1, 0.15) is 0 Å². The Morgan fingerprint density at radius 1 is 0.848 bits per heavy atom. The van der Waals surface area contributed by atoms with Crippen molar-refractivity contribution < 1.29 is 14.2 Å². The van der Waals surface area contributed by atoms with E-state index in [2.05, 4.69) is 46.6 Å². The van der Waals surface area contributed by atoms with E-state index in [1.54, 1.807) is 21.3 Å². The van der Waals surface area contributed by atoms with Crippen molar-refractivity contribution in [2.45, 2.75) is 25.4 Å². The van der Waals surface area contributed by atoms with E-state index in [9.17, 15) is 0 Å². The molecule has 0 bridgehead atoms. The number of halogens is 1.